The van der Waals surface area contributed by atoms with Crippen LogP contribution in [0.2, 0.25) is 0 Å². The van der Waals surface area contributed by atoms with Crippen LogP contribution in [0.15, 0.2) is 42.5 Å². The van der Waals surface area contributed by atoms with Gasteiger partial charge in [-0.3, -0.25) is 9.59 Å². The predicted octanol–water partition coefficient (Wildman–Crippen LogP) is 3.57. The molecular formula is C22H22FN3O4S. The Morgan fingerprint density at radius 2 is 1.81 bits per heavy atom. The Bertz CT molecular complexity index is 1100. The first-order valence-electron chi connectivity index (χ1n) is 9.45. The molecule has 1 heterocycles. The molecule has 0 radical (unpaired) electrons. The van der Waals surface area contributed by atoms with Crippen LogP contribution in [0.3, 0.4) is 0 Å². The highest BCUT2D eigenvalue weighted by Crippen LogP contribution is 2.35. The predicted molar refractivity (Wildman–Crippen MR) is 117 cm³/mol. The number of para-hydroxylation sites is 1. The molecule has 0 unspecified atom stereocenters. The zero-order valence-corrected chi connectivity index (χ0v) is 18.1. The van der Waals surface area contributed by atoms with Crippen molar-refractivity contribution in [1.82, 2.24) is 10.3 Å². The number of anilines is 1. The molecule has 162 valence electrons. The highest BCUT2D eigenvalue weighted by atomic mass is 32.1. The minimum Gasteiger partial charge on any atom is -0.493 e. The van der Waals surface area contributed by atoms with Crippen molar-refractivity contribution in [3.05, 3.63) is 58.9 Å². The fourth-order valence-electron chi connectivity index (χ4n) is 2.86. The second kappa shape index (κ2) is 10.0. The Balaban J connectivity index is 1.59. The van der Waals surface area contributed by atoms with Crippen LogP contribution in [-0.4, -0.2) is 37.6 Å². The summed E-state index contributed by atoms with van der Waals surface area (Å²) >= 11 is 1.50. The summed E-state index contributed by atoms with van der Waals surface area (Å²) < 4.78 is 24.2. The highest BCUT2D eigenvalue weighted by Gasteiger charge is 2.16. The van der Waals surface area contributed by atoms with Gasteiger partial charge >= 0.3 is 11.8 Å². The molecule has 2 N–H and O–H groups in total. The fraction of sp³-hybridized carbons (Fsp3) is 0.227. The molecule has 0 aliphatic heterocycles. The molecule has 3 aromatic rings. The number of halogens is 1. The van der Waals surface area contributed by atoms with E-state index in [0.29, 0.717) is 17.9 Å². The maximum Gasteiger partial charge on any atom is 0.313 e. The number of amides is 2. The van der Waals surface area contributed by atoms with E-state index in [2.05, 4.69) is 15.6 Å². The molecule has 7 nitrogen and oxygen atoms in total. The molecule has 0 aliphatic rings. The number of thiazole rings is 1. The summed E-state index contributed by atoms with van der Waals surface area (Å²) in [5.74, 6) is -1.10. The van der Waals surface area contributed by atoms with Crippen LogP contribution in [0.4, 0.5) is 10.1 Å². The van der Waals surface area contributed by atoms with Crippen LogP contribution < -0.4 is 20.1 Å². The number of ether oxygens (including phenoxy) is 2. The molecule has 1 aromatic heterocycles. The van der Waals surface area contributed by atoms with Crippen LogP contribution in [0, 0.1) is 12.7 Å². The molecule has 0 spiro atoms. The first-order chi connectivity index (χ1) is 14.9. The largest absolute Gasteiger partial charge is 0.493 e. The number of aryl methyl sites for hydroxylation is 1. The number of methoxy groups -OCH3 is 2. The van der Waals surface area contributed by atoms with Gasteiger partial charge in [0.25, 0.3) is 0 Å². The van der Waals surface area contributed by atoms with E-state index >= 15 is 0 Å². The van der Waals surface area contributed by atoms with Gasteiger partial charge < -0.3 is 20.1 Å². The number of nitrogens with one attached hydrogen (secondary N) is 2. The molecule has 0 fully saturated rings. The van der Waals surface area contributed by atoms with E-state index in [1.165, 1.54) is 29.5 Å². The van der Waals surface area contributed by atoms with E-state index < -0.39 is 17.6 Å². The van der Waals surface area contributed by atoms with Gasteiger partial charge in [0.2, 0.25) is 0 Å². The van der Waals surface area contributed by atoms with Crippen LogP contribution in [0.5, 0.6) is 11.5 Å². The maximum absolute atomic E-state index is 13.6. The van der Waals surface area contributed by atoms with Crippen LogP contribution in [-0.2, 0) is 16.0 Å². The van der Waals surface area contributed by atoms with Gasteiger partial charge in [-0.1, -0.05) is 12.1 Å². The summed E-state index contributed by atoms with van der Waals surface area (Å²) in [6, 6.07) is 11.2. The first kappa shape index (κ1) is 22.2. The second-order valence-corrected chi connectivity index (χ2v) is 7.62. The van der Waals surface area contributed by atoms with Crippen molar-refractivity contribution < 1.29 is 23.5 Å². The van der Waals surface area contributed by atoms with E-state index in [4.69, 9.17) is 9.47 Å². The third kappa shape index (κ3) is 5.37. The second-order valence-electron chi connectivity index (χ2n) is 6.54. The number of hydrogen-bond acceptors (Lipinski definition) is 6. The van der Waals surface area contributed by atoms with Gasteiger partial charge in [-0.15, -0.1) is 11.3 Å². The van der Waals surface area contributed by atoms with Crippen molar-refractivity contribution in [2.45, 2.75) is 13.3 Å². The lowest BCUT2D eigenvalue weighted by Crippen LogP contribution is -2.36. The zero-order chi connectivity index (χ0) is 22.4. The van der Waals surface area contributed by atoms with Gasteiger partial charge in [0.05, 0.1) is 25.6 Å². The molecule has 0 aliphatic carbocycles. The Morgan fingerprint density at radius 3 is 2.52 bits per heavy atom. The molecule has 3 rings (SSSR count). The molecule has 0 saturated heterocycles. The summed E-state index contributed by atoms with van der Waals surface area (Å²) in [4.78, 5) is 29.5. The molecule has 31 heavy (non-hydrogen) atoms. The molecule has 2 aromatic carbocycles. The number of rotatable bonds is 7. The third-order valence-corrected chi connectivity index (χ3v) is 5.76. The molecule has 2 amide bonds. The molecule has 0 saturated carbocycles. The van der Waals surface area contributed by atoms with Crippen LogP contribution in [0.25, 0.3) is 10.6 Å². The van der Waals surface area contributed by atoms with E-state index in [1.807, 2.05) is 25.1 Å². The van der Waals surface area contributed by atoms with Crippen molar-refractivity contribution in [3.63, 3.8) is 0 Å². The molecule has 0 bridgehead atoms. The first-order valence-corrected chi connectivity index (χ1v) is 10.3. The lowest BCUT2D eigenvalue weighted by Gasteiger charge is -2.08. The smallest absolute Gasteiger partial charge is 0.313 e. The Morgan fingerprint density at radius 1 is 1.06 bits per heavy atom. The van der Waals surface area contributed by atoms with Gasteiger partial charge in [-0.25, -0.2) is 9.37 Å². The van der Waals surface area contributed by atoms with E-state index in [9.17, 15) is 14.0 Å². The summed E-state index contributed by atoms with van der Waals surface area (Å²) in [5.41, 5.74) is 1.70. The van der Waals surface area contributed by atoms with Crippen molar-refractivity contribution >= 4 is 28.8 Å². The van der Waals surface area contributed by atoms with Gasteiger partial charge in [0.1, 0.15) is 10.8 Å². The minimum atomic E-state index is -0.919. The number of carbonyl (C=O) groups is 2. The topological polar surface area (TPSA) is 89.5 Å². The monoisotopic (exact) mass is 443 g/mol. The molecule has 9 heteroatoms. The Kier molecular flexibility index (Phi) is 7.19. The third-order valence-electron chi connectivity index (χ3n) is 4.49. The maximum atomic E-state index is 13.6. The van der Waals surface area contributed by atoms with E-state index in [0.717, 1.165) is 21.1 Å². The van der Waals surface area contributed by atoms with Crippen molar-refractivity contribution in [1.29, 1.82) is 0 Å². The van der Waals surface area contributed by atoms with Crippen molar-refractivity contribution in [3.8, 4) is 22.1 Å². The van der Waals surface area contributed by atoms with Gasteiger partial charge in [-0.2, -0.15) is 0 Å². The lowest BCUT2D eigenvalue weighted by molar-refractivity contribution is -0.136. The average molecular weight is 444 g/mol. The fourth-order valence-corrected chi connectivity index (χ4v) is 3.92. The number of benzene rings is 2. The standard InChI is InChI=1S/C22H22FN3O4S/c1-13-19(31-22(25-13)14-8-9-17(29-2)18(12-14)30-3)10-11-24-20(27)21(28)26-16-7-5-4-6-15(16)23/h4-9,12H,10-11H2,1-3H3,(H,24,27)(H,26,28). The van der Waals surface area contributed by atoms with E-state index in [1.54, 1.807) is 20.3 Å². The van der Waals surface area contributed by atoms with E-state index in [-0.39, 0.29) is 12.2 Å². The Hall–Kier alpha value is -3.46. The lowest BCUT2D eigenvalue weighted by atomic mass is 10.2. The van der Waals surface area contributed by atoms with Crippen LogP contribution in [0.1, 0.15) is 10.6 Å². The van der Waals surface area contributed by atoms with Crippen LogP contribution >= 0.6 is 11.3 Å². The van der Waals surface area contributed by atoms with Crippen molar-refractivity contribution in [2.24, 2.45) is 0 Å². The molecule has 0 atom stereocenters. The molecular weight excluding hydrogens is 421 g/mol. The minimum absolute atomic E-state index is 0.0412. The normalized spacial score (nSPS) is 10.5. The van der Waals surface area contributed by atoms with Gasteiger partial charge in [0.15, 0.2) is 11.5 Å². The zero-order valence-electron chi connectivity index (χ0n) is 17.3. The number of aromatic nitrogens is 1. The van der Waals surface area contributed by atoms with Crippen molar-refractivity contribution in [2.75, 3.05) is 26.1 Å². The summed E-state index contributed by atoms with van der Waals surface area (Å²) in [5, 5.41) is 5.62. The summed E-state index contributed by atoms with van der Waals surface area (Å²) in [7, 11) is 3.15. The van der Waals surface area contributed by atoms with Gasteiger partial charge in [0, 0.05) is 23.4 Å². The number of nitrogens with zero attached hydrogens (tertiary/aromatic N) is 1. The Labute approximate surface area is 183 Å². The van der Waals surface area contributed by atoms with Gasteiger partial charge in [-0.05, 0) is 37.3 Å². The quantitative estimate of drug-likeness (QED) is 0.545. The number of hydrogen-bond donors (Lipinski definition) is 2. The highest BCUT2D eigenvalue weighted by molar-refractivity contribution is 7.15. The average Bonchev–Trinajstić information content (AvgIpc) is 3.15. The summed E-state index contributed by atoms with van der Waals surface area (Å²) in [6.45, 7) is 2.14. The number of carbonyl (C=O) groups excluding carboxylic acids is 2. The SMILES string of the molecule is COc1ccc(-c2nc(C)c(CCNC(=O)C(=O)Nc3ccccc3F)s2)cc1OC. The summed E-state index contributed by atoms with van der Waals surface area (Å²) in [6.07, 6.45) is 0.509.